The van der Waals surface area contributed by atoms with E-state index in [2.05, 4.69) is 10.6 Å². The summed E-state index contributed by atoms with van der Waals surface area (Å²) in [6.45, 7) is 0. The number of hydrogen-bond acceptors (Lipinski definition) is 11. The molecule has 1 fully saturated rings. The second-order valence-corrected chi connectivity index (χ2v) is 11.2. The molecule has 0 heterocycles. The summed E-state index contributed by atoms with van der Waals surface area (Å²) in [7, 11) is 3.47. The van der Waals surface area contributed by atoms with Crippen LogP contribution < -0.4 is 21.3 Å². The third-order valence-corrected chi connectivity index (χ3v) is 8.31. The number of nitrogens with one attached hydrogen (secondary N) is 2. The summed E-state index contributed by atoms with van der Waals surface area (Å²) in [6, 6.07) is 7.05. The molecule has 224 valence electrons. The van der Waals surface area contributed by atoms with E-state index in [9.17, 15) is 44.9 Å². The molecule has 0 aromatic heterocycles. The Labute approximate surface area is 249 Å². The van der Waals surface area contributed by atoms with Crippen molar-refractivity contribution in [2.24, 2.45) is 17.6 Å². The number of nitrogens with two attached hydrogens (primary N) is 1. The minimum atomic E-state index is -2.66. The van der Waals surface area contributed by atoms with Crippen LogP contribution in [-0.2, 0) is 20.8 Å². The van der Waals surface area contributed by atoms with Gasteiger partial charge in [-0.3, -0.25) is 24.5 Å². The number of phenolic OH excluding ortho intramolecular Hbond substituents is 1. The molecule has 0 saturated heterocycles. The summed E-state index contributed by atoms with van der Waals surface area (Å²) in [5.74, 6) is -7.17. The number of primary amides is 1. The molecule has 3 aliphatic carbocycles. The molecule has 0 radical (unpaired) electrons. The summed E-state index contributed by atoms with van der Waals surface area (Å²) in [5, 5.41) is 61.6. The van der Waals surface area contributed by atoms with Crippen molar-refractivity contribution < 1.29 is 39.7 Å². The minimum Gasteiger partial charge on any atom is -0.508 e. The number of carbonyl (C=O) groups is 3. The fraction of sp³-hybridized carbons (Fsp3) is 0.286. The van der Waals surface area contributed by atoms with E-state index in [1.54, 1.807) is 25.1 Å². The molecule has 0 spiro atoms. The molecule has 5 rings (SSSR count). The molecule has 0 bridgehead atoms. The lowest BCUT2D eigenvalue weighted by molar-refractivity contribution is -0.384. The van der Waals surface area contributed by atoms with Crippen molar-refractivity contribution >= 4 is 63.3 Å². The van der Waals surface area contributed by atoms with E-state index in [4.69, 9.17) is 18.0 Å². The molecule has 0 aliphatic heterocycles. The molecule has 2 aromatic carbocycles. The number of nitro benzene ring substituents is 1. The SMILES string of the molecule is CN(C)c1cc(NC(=S)Nc2ccc([N+](=O)[O-])cc2)c(O)c2c1C[C@H]1C[C@H]3CC(=O)C(C(N)=O)=C(O)[C@@]3(O)C(=O)C1=C2O. The van der Waals surface area contributed by atoms with Crippen LogP contribution in [-0.4, -0.2) is 67.6 Å². The number of rotatable bonds is 5. The number of non-ortho nitro benzene ring substituents is 1. The van der Waals surface area contributed by atoms with Crippen molar-refractivity contribution in [3.05, 3.63) is 68.5 Å². The van der Waals surface area contributed by atoms with Crippen molar-refractivity contribution in [1.82, 2.24) is 0 Å². The number of nitro groups is 1. The highest BCUT2D eigenvalue weighted by Gasteiger charge is 2.60. The zero-order valence-electron chi connectivity index (χ0n) is 22.9. The maximum absolute atomic E-state index is 13.8. The van der Waals surface area contributed by atoms with E-state index < -0.39 is 69.1 Å². The van der Waals surface area contributed by atoms with Crippen molar-refractivity contribution in [2.75, 3.05) is 29.6 Å². The molecule has 14 nitrogen and oxygen atoms in total. The average molecular weight is 610 g/mol. The number of fused-ring (bicyclic) bond motifs is 3. The van der Waals surface area contributed by atoms with Gasteiger partial charge >= 0.3 is 0 Å². The van der Waals surface area contributed by atoms with E-state index >= 15 is 0 Å². The third-order valence-electron chi connectivity index (χ3n) is 8.11. The second kappa shape index (κ2) is 10.4. The zero-order valence-corrected chi connectivity index (χ0v) is 23.7. The Morgan fingerprint density at radius 3 is 2.37 bits per heavy atom. The van der Waals surface area contributed by atoms with Gasteiger partial charge in [-0.1, -0.05) is 0 Å². The van der Waals surface area contributed by atoms with E-state index in [0.717, 1.165) is 0 Å². The Morgan fingerprint density at radius 2 is 1.79 bits per heavy atom. The van der Waals surface area contributed by atoms with Crippen LogP contribution in [0.3, 0.4) is 0 Å². The van der Waals surface area contributed by atoms with Crippen LogP contribution in [0.25, 0.3) is 5.76 Å². The molecular weight excluding hydrogens is 582 g/mol. The molecule has 15 heteroatoms. The number of Topliss-reactive ketones (excluding diaryl/α,β-unsaturated/α-hetero) is 2. The molecular formula is C28H27N5O9S. The third kappa shape index (κ3) is 4.62. The summed E-state index contributed by atoms with van der Waals surface area (Å²) in [6.07, 6.45) is -0.253. The van der Waals surface area contributed by atoms with Crippen LogP contribution in [0.5, 0.6) is 5.75 Å². The Bertz CT molecular complexity index is 1700. The molecule has 1 amide bonds. The Morgan fingerprint density at radius 1 is 1.14 bits per heavy atom. The van der Waals surface area contributed by atoms with Crippen molar-refractivity contribution in [1.29, 1.82) is 0 Å². The van der Waals surface area contributed by atoms with Crippen molar-refractivity contribution in [3.8, 4) is 5.75 Å². The quantitative estimate of drug-likeness (QED) is 0.0849. The monoisotopic (exact) mass is 609 g/mol. The first kappa shape index (κ1) is 29.5. The summed E-state index contributed by atoms with van der Waals surface area (Å²) in [4.78, 5) is 50.3. The fourth-order valence-corrected chi connectivity index (χ4v) is 6.34. The van der Waals surface area contributed by atoms with E-state index in [1.165, 1.54) is 24.3 Å². The zero-order chi connectivity index (χ0) is 31.5. The highest BCUT2D eigenvalue weighted by atomic mass is 32.1. The van der Waals surface area contributed by atoms with Gasteiger partial charge in [-0.2, -0.15) is 0 Å². The van der Waals surface area contributed by atoms with Crippen molar-refractivity contribution in [2.45, 2.75) is 24.9 Å². The topological polar surface area (TPSA) is 229 Å². The smallest absolute Gasteiger partial charge is 0.269 e. The fourth-order valence-electron chi connectivity index (χ4n) is 6.11. The molecule has 3 atom stereocenters. The molecule has 8 N–H and O–H groups in total. The largest absolute Gasteiger partial charge is 0.508 e. The predicted octanol–water partition coefficient (Wildman–Crippen LogP) is 2.21. The lowest BCUT2D eigenvalue weighted by atomic mass is 9.59. The van der Waals surface area contributed by atoms with Gasteiger partial charge in [-0.15, -0.1) is 0 Å². The van der Waals surface area contributed by atoms with Gasteiger partial charge in [0, 0.05) is 55.5 Å². The normalized spacial score (nSPS) is 22.8. The highest BCUT2D eigenvalue weighted by molar-refractivity contribution is 7.80. The number of phenols is 1. The maximum Gasteiger partial charge on any atom is 0.269 e. The lowest BCUT2D eigenvalue weighted by Gasteiger charge is -2.46. The van der Waals surface area contributed by atoms with Gasteiger partial charge in [-0.05, 0) is 54.7 Å². The molecule has 43 heavy (non-hydrogen) atoms. The summed E-state index contributed by atoms with van der Waals surface area (Å²) >= 11 is 5.36. The average Bonchev–Trinajstić information content (AvgIpc) is 2.92. The first-order valence-corrected chi connectivity index (χ1v) is 13.4. The van der Waals surface area contributed by atoms with Crippen LogP contribution in [0.15, 0.2) is 47.2 Å². The first-order chi connectivity index (χ1) is 20.2. The number of aliphatic hydroxyl groups is 3. The number of anilines is 3. The van der Waals surface area contributed by atoms with Crippen LogP contribution in [0.2, 0.25) is 0 Å². The number of aliphatic hydroxyl groups excluding tert-OH is 2. The van der Waals surface area contributed by atoms with Gasteiger partial charge in [0.05, 0.1) is 16.2 Å². The molecule has 2 aromatic rings. The Hall–Kier alpha value is -5.02. The number of amides is 1. The van der Waals surface area contributed by atoms with Crippen LogP contribution in [0.1, 0.15) is 24.0 Å². The number of aromatic hydroxyl groups is 1. The second-order valence-electron chi connectivity index (χ2n) is 10.8. The maximum atomic E-state index is 13.8. The Balaban J connectivity index is 1.56. The van der Waals surface area contributed by atoms with E-state index in [-0.39, 0.29) is 40.5 Å². The molecule has 3 aliphatic rings. The van der Waals surface area contributed by atoms with Crippen molar-refractivity contribution in [3.63, 3.8) is 0 Å². The Kier molecular flexibility index (Phi) is 7.10. The highest BCUT2D eigenvalue weighted by Crippen LogP contribution is 2.54. The number of carbonyl (C=O) groups excluding carboxylic acids is 3. The van der Waals surface area contributed by atoms with E-state index in [1.807, 2.05) is 0 Å². The van der Waals surface area contributed by atoms with Crippen LogP contribution in [0.4, 0.5) is 22.7 Å². The number of benzene rings is 2. The van der Waals surface area contributed by atoms with Gasteiger partial charge in [0.25, 0.3) is 11.6 Å². The van der Waals surface area contributed by atoms with Gasteiger partial charge < -0.3 is 41.7 Å². The summed E-state index contributed by atoms with van der Waals surface area (Å²) < 4.78 is 0. The number of ketones is 2. The number of nitrogens with zero attached hydrogens (tertiary/aromatic N) is 2. The molecule has 0 unspecified atom stereocenters. The number of hydrogen-bond donors (Lipinski definition) is 7. The van der Waals surface area contributed by atoms with Crippen LogP contribution >= 0.6 is 12.2 Å². The lowest BCUT2D eigenvalue weighted by Crippen LogP contribution is -2.58. The van der Waals surface area contributed by atoms with Gasteiger partial charge in [0.1, 0.15) is 22.8 Å². The first-order valence-electron chi connectivity index (χ1n) is 13.0. The van der Waals surface area contributed by atoms with Gasteiger partial charge in [0.15, 0.2) is 16.5 Å². The van der Waals surface area contributed by atoms with Gasteiger partial charge in [0.2, 0.25) is 5.78 Å². The molecule has 1 saturated carbocycles. The van der Waals surface area contributed by atoms with Gasteiger partial charge in [-0.25, -0.2) is 0 Å². The standard InChI is InChI=1S/C28H27N5O9S/c1-32(2)17-10-16(31-27(43)30-13-3-5-14(6-4-13)33(41)42)22(35)20-15(17)8-11-7-12-9-18(34)21(26(29)39)25(38)28(12,40)24(37)19(11)23(20)36/h3-6,10-12,35-36,38,40H,7-9H2,1-2H3,(H2,29,39)(H2,30,31,43)/t11-,12+,28+/m1/s1. The van der Waals surface area contributed by atoms with Crippen LogP contribution in [0, 0.1) is 22.0 Å². The number of thiocarbonyl (C=S) groups is 1. The predicted molar refractivity (Wildman–Crippen MR) is 159 cm³/mol. The minimum absolute atomic E-state index is 0.00134. The van der Waals surface area contributed by atoms with E-state index in [0.29, 0.717) is 16.9 Å². The summed E-state index contributed by atoms with van der Waals surface area (Å²) in [5.41, 5.74) is 2.76.